The number of hydrogen-bond donors (Lipinski definition) is 0. The molecular formula is C7H9NO2. The monoisotopic (exact) mass is 139 g/mol. The van der Waals surface area contributed by atoms with Crippen molar-refractivity contribution in [3.63, 3.8) is 0 Å². The van der Waals surface area contributed by atoms with E-state index in [0.717, 1.165) is 12.1 Å². The molecule has 1 heterocycles. The van der Waals surface area contributed by atoms with Crippen molar-refractivity contribution < 1.29 is 9.53 Å². The molecule has 0 aromatic rings. The van der Waals surface area contributed by atoms with E-state index in [1.807, 2.05) is 6.92 Å². The van der Waals surface area contributed by atoms with E-state index >= 15 is 0 Å². The minimum absolute atomic E-state index is 0.285. The fraction of sp³-hybridized carbons (Fsp3) is 0.429. The molecule has 1 aliphatic rings. The van der Waals surface area contributed by atoms with Gasteiger partial charge in [-0.25, -0.2) is 0 Å². The molecule has 0 radical (unpaired) electrons. The van der Waals surface area contributed by atoms with Crippen LogP contribution in [0.5, 0.6) is 0 Å². The Morgan fingerprint density at radius 2 is 2.50 bits per heavy atom. The van der Waals surface area contributed by atoms with E-state index < -0.39 is 0 Å². The van der Waals surface area contributed by atoms with Crippen molar-refractivity contribution in [2.45, 2.75) is 20.3 Å². The fourth-order valence-corrected chi connectivity index (χ4v) is 0.714. The minimum Gasteiger partial charge on any atom is -0.423 e. The number of carbonyl (C=O) groups excluding carboxylic acids is 1. The number of aliphatic imine (C=N–C) groups is 1. The molecule has 0 atom stereocenters. The highest BCUT2D eigenvalue weighted by Gasteiger charge is 2.14. The van der Waals surface area contributed by atoms with E-state index in [1.165, 1.54) is 6.92 Å². The summed E-state index contributed by atoms with van der Waals surface area (Å²) in [5, 5.41) is 0. The first-order chi connectivity index (χ1) is 4.74. The molecule has 0 aromatic carbocycles. The van der Waals surface area contributed by atoms with Crippen molar-refractivity contribution in [2.75, 3.05) is 0 Å². The van der Waals surface area contributed by atoms with Crippen LogP contribution >= 0.6 is 0 Å². The highest BCUT2D eigenvalue weighted by atomic mass is 16.5. The van der Waals surface area contributed by atoms with Crippen LogP contribution in [0, 0.1) is 0 Å². The largest absolute Gasteiger partial charge is 0.423 e. The molecule has 0 aromatic heterocycles. The van der Waals surface area contributed by atoms with E-state index in [9.17, 15) is 4.79 Å². The Morgan fingerprint density at radius 3 is 2.80 bits per heavy atom. The number of allylic oxidation sites excluding steroid dienone is 1. The lowest BCUT2D eigenvalue weighted by molar-refractivity contribution is -0.136. The molecule has 10 heavy (non-hydrogen) atoms. The van der Waals surface area contributed by atoms with Gasteiger partial charge in [-0.2, -0.15) is 0 Å². The molecule has 54 valence electrons. The molecule has 1 aliphatic heterocycles. The van der Waals surface area contributed by atoms with Crippen molar-refractivity contribution in [1.29, 1.82) is 0 Å². The second-order valence-corrected chi connectivity index (χ2v) is 2.02. The fourth-order valence-electron chi connectivity index (χ4n) is 0.714. The summed E-state index contributed by atoms with van der Waals surface area (Å²) in [6.07, 6.45) is 2.37. The second-order valence-electron chi connectivity index (χ2n) is 2.02. The van der Waals surface area contributed by atoms with E-state index in [2.05, 4.69) is 4.99 Å². The van der Waals surface area contributed by atoms with Crippen LogP contribution < -0.4 is 0 Å². The Labute approximate surface area is 59.4 Å². The molecular weight excluding hydrogens is 130 g/mol. The van der Waals surface area contributed by atoms with Gasteiger partial charge in [-0.05, 0) is 6.42 Å². The molecule has 3 nitrogen and oxygen atoms in total. The third-order valence-electron chi connectivity index (χ3n) is 1.21. The molecule has 0 aliphatic carbocycles. The van der Waals surface area contributed by atoms with Gasteiger partial charge in [0.1, 0.15) is 0 Å². The topological polar surface area (TPSA) is 38.7 Å². The number of carbonyl (C=O) groups is 1. The molecule has 0 fully saturated rings. The summed E-state index contributed by atoms with van der Waals surface area (Å²) in [6, 6.07) is 0. The first-order valence-corrected chi connectivity index (χ1v) is 3.19. The van der Waals surface area contributed by atoms with Crippen LogP contribution in [0.4, 0.5) is 0 Å². The number of nitrogens with zero attached hydrogens (tertiary/aromatic N) is 1. The van der Waals surface area contributed by atoms with Gasteiger partial charge >= 0.3 is 5.97 Å². The molecule has 0 saturated carbocycles. The van der Waals surface area contributed by atoms with Crippen LogP contribution in [0.3, 0.4) is 0 Å². The summed E-state index contributed by atoms with van der Waals surface area (Å²) in [5.74, 6) is 0.335. The standard InChI is InChI=1S/C7H9NO2/c1-3-6-7(4-8-6)10-5(2)9/h4H,3H2,1-2H3. The Bertz CT molecular complexity index is 216. The van der Waals surface area contributed by atoms with Crippen molar-refractivity contribution in [2.24, 2.45) is 4.99 Å². The average Bonchev–Trinajstić information content (AvgIpc) is 1.82. The van der Waals surface area contributed by atoms with Crippen LogP contribution in [0.2, 0.25) is 0 Å². The quantitative estimate of drug-likeness (QED) is 0.540. The lowest BCUT2D eigenvalue weighted by Crippen LogP contribution is -2.13. The molecule has 1 rings (SSSR count). The van der Waals surface area contributed by atoms with Crippen molar-refractivity contribution >= 4 is 11.7 Å². The predicted octanol–water partition coefficient (Wildman–Crippen LogP) is 1.26. The van der Waals surface area contributed by atoms with Gasteiger partial charge in [-0.3, -0.25) is 9.79 Å². The van der Waals surface area contributed by atoms with Crippen LogP contribution in [0.1, 0.15) is 20.3 Å². The molecule has 0 bridgehead atoms. The first-order valence-electron chi connectivity index (χ1n) is 3.19. The zero-order chi connectivity index (χ0) is 7.56. The normalized spacial score (nSPS) is 15.0. The van der Waals surface area contributed by atoms with Gasteiger partial charge in [0.25, 0.3) is 0 Å². The average molecular weight is 139 g/mol. The van der Waals surface area contributed by atoms with Crippen molar-refractivity contribution in [3.05, 3.63) is 12.0 Å². The van der Waals surface area contributed by atoms with Crippen LogP contribution in [0.25, 0.3) is 0 Å². The highest BCUT2D eigenvalue weighted by molar-refractivity contribution is 6.04. The molecule has 3 heteroatoms. The van der Waals surface area contributed by atoms with Gasteiger partial charge in [0, 0.05) is 6.92 Å². The van der Waals surface area contributed by atoms with E-state index in [4.69, 9.17) is 4.74 Å². The van der Waals surface area contributed by atoms with E-state index in [0.29, 0.717) is 5.76 Å². The summed E-state index contributed by atoms with van der Waals surface area (Å²) in [7, 11) is 0. The van der Waals surface area contributed by atoms with Gasteiger partial charge < -0.3 is 4.74 Å². The van der Waals surface area contributed by atoms with E-state index in [1.54, 1.807) is 6.20 Å². The number of esters is 1. The molecule has 0 N–H and O–H groups in total. The minimum atomic E-state index is -0.285. The second kappa shape index (κ2) is 2.64. The van der Waals surface area contributed by atoms with Crippen molar-refractivity contribution in [3.8, 4) is 0 Å². The number of hydrogen-bond acceptors (Lipinski definition) is 3. The summed E-state index contributed by atoms with van der Waals surface area (Å²) in [6.45, 7) is 3.35. The first kappa shape index (κ1) is 6.99. The Balaban J connectivity index is 2.40. The van der Waals surface area contributed by atoms with Gasteiger partial charge in [0.05, 0.1) is 11.9 Å². The summed E-state index contributed by atoms with van der Waals surface area (Å²) < 4.78 is 4.78. The van der Waals surface area contributed by atoms with Crippen LogP contribution in [-0.4, -0.2) is 11.7 Å². The predicted molar refractivity (Wildman–Crippen MR) is 37.6 cm³/mol. The van der Waals surface area contributed by atoms with Gasteiger partial charge in [-0.15, -0.1) is 0 Å². The van der Waals surface area contributed by atoms with Gasteiger partial charge in [-0.1, -0.05) is 6.92 Å². The lowest BCUT2D eigenvalue weighted by Gasteiger charge is -2.12. The Hall–Kier alpha value is -1.12. The Kier molecular flexibility index (Phi) is 1.85. The molecule has 0 spiro atoms. The number of rotatable bonds is 2. The maximum absolute atomic E-state index is 10.4. The summed E-state index contributed by atoms with van der Waals surface area (Å²) in [5.41, 5.74) is 0.871. The maximum atomic E-state index is 10.4. The van der Waals surface area contributed by atoms with Gasteiger partial charge in [0.15, 0.2) is 5.76 Å². The summed E-state index contributed by atoms with van der Waals surface area (Å²) >= 11 is 0. The SMILES string of the molecule is CCC1=NC=C1OC(C)=O. The molecule has 0 saturated heterocycles. The maximum Gasteiger partial charge on any atom is 0.308 e. The highest BCUT2D eigenvalue weighted by Crippen LogP contribution is 2.13. The van der Waals surface area contributed by atoms with Crippen LogP contribution in [0.15, 0.2) is 17.0 Å². The molecule has 0 amide bonds. The smallest absolute Gasteiger partial charge is 0.308 e. The Morgan fingerprint density at radius 1 is 1.80 bits per heavy atom. The van der Waals surface area contributed by atoms with Crippen LogP contribution in [-0.2, 0) is 9.53 Å². The van der Waals surface area contributed by atoms with E-state index in [-0.39, 0.29) is 5.97 Å². The third kappa shape index (κ3) is 1.23. The summed E-state index contributed by atoms with van der Waals surface area (Å²) in [4.78, 5) is 14.3. The van der Waals surface area contributed by atoms with Crippen molar-refractivity contribution in [1.82, 2.24) is 0 Å². The molecule has 0 unspecified atom stereocenters. The zero-order valence-corrected chi connectivity index (χ0v) is 6.05. The number of ether oxygens (including phenoxy) is 1. The third-order valence-corrected chi connectivity index (χ3v) is 1.21. The lowest BCUT2D eigenvalue weighted by atomic mass is 10.2. The zero-order valence-electron chi connectivity index (χ0n) is 6.05. The van der Waals surface area contributed by atoms with Gasteiger partial charge in [0.2, 0.25) is 0 Å².